The summed E-state index contributed by atoms with van der Waals surface area (Å²) in [6.07, 6.45) is 0.127. The predicted octanol–water partition coefficient (Wildman–Crippen LogP) is 5.68. The highest BCUT2D eigenvalue weighted by Crippen LogP contribution is 2.29. The molecule has 224 valence electrons. The molecule has 4 aromatic carbocycles. The number of likely N-dealkylation sites (N-methyl/N-ethyl adjacent to an activating group) is 1. The number of nitrogens with one attached hydrogen (secondary N) is 1. The van der Waals surface area contributed by atoms with Crippen LogP contribution in [0.5, 0.6) is 0 Å². The Morgan fingerprint density at radius 1 is 0.907 bits per heavy atom. The standard InChI is InChI=1S/C33H33ClFN3O4S/c1-23-13-17-28(18-14-23)43(41,42)38(27-16-15-24(2)29(34)20-27)22-32(39)37(21-26-11-7-8-12-30(26)35)31(33(40)36-3)19-25-9-5-4-6-10-25/h4-18,20,31H,19,21-22H2,1-3H3,(H,36,40). The summed E-state index contributed by atoms with van der Waals surface area (Å²) < 4.78 is 43.9. The number of carbonyl (C=O) groups is 2. The van der Waals surface area contributed by atoms with E-state index in [0.29, 0.717) is 5.02 Å². The zero-order chi connectivity index (χ0) is 31.1. The van der Waals surface area contributed by atoms with Crippen LogP contribution < -0.4 is 9.62 Å². The van der Waals surface area contributed by atoms with Gasteiger partial charge in [-0.1, -0.05) is 83.9 Å². The molecule has 2 amide bonds. The van der Waals surface area contributed by atoms with E-state index >= 15 is 0 Å². The third-order valence-electron chi connectivity index (χ3n) is 7.15. The molecule has 0 spiro atoms. The average molecular weight is 622 g/mol. The van der Waals surface area contributed by atoms with Gasteiger partial charge in [-0.2, -0.15) is 0 Å². The number of amides is 2. The van der Waals surface area contributed by atoms with Crippen LogP contribution in [0.15, 0.2) is 102 Å². The van der Waals surface area contributed by atoms with E-state index in [9.17, 15) is 22.4 Å². The molecule has 0 saturated carbocycles. The van der Waals surface area contributed by atoms with Crippen LogP contribution in [0.1, 0.15) is 22.3 Å². The number of benzene rings is 4. The van der Waals surface area contributed by atoms with E-state index in [0.717, 1.165) is 21.0 Å². The van der Waals surface area contributed by atoms with Crippen LogP contribution in [-0.4, -0.2) is 44.8 Å². The van der Waals surface area contributed by atoms with Crippen LogP contribution >= 0.6 is 11.6 Å². The molecule has 4 aromatic rings. The van der Waals surface area contributed by atoms with E-state index in [2.05, 4.69) is 5.32 Å². The quantitative estimate of drug-likeness (QED) is 0.234. The molecule has 0 aliphatic carbocycles. The zero-order valence-corrected chi connectivity index (χ0v) is 25.7. The minimum absolute atomic E-state index is 0.0182. The van der Waals surface area contributed by atoms with Crippen LogP contribution in [0, 0.1) is 19.7 Å². The molecule has 0 heterocycles. The van der Waals surface area contributed by atoms with Crippen LogP contribution in [0.3, 0.4) is 0 Å². The Morgan fingerprint density at radius 2 is 1.56 bits per heavy atom. The topological polar surface area (TPSA) is 86.8 Å². The van der Waals surface area contributed by atoms with Gasteiger partial charge in [0.05, 0.1) is 10.6 Å². The molecule has 0 fully saturated rings. The number of anilines is 1. The molecule has 0 aliphatic rings. The van der Waals surface area contributed by atoms with Gasteiger partial charge in [0.15, 0.2) is 0 Å². The first kappa shape index (κ1) is 31.7. The number of aryl methyl sites for hydroxylation is 2. The molecular formula is C33H33ClFN3O4S. The zero-order valence-electron chi connectivity index (χ0n) is 24.1. The maximum absolute atomic E-state index is 14.9. The number of hydrogen-bond donors (Lipinski definition) is 1. The fourth-order valence-electron chi connectivity index (χ4n) is 4.63. The predicted molar refractivity (Wildman–Crippen MR) is 167 cm³/mol. The van der Waals surface area contributed by atoms with E-state index in [1.807, 2.05) is 37.3 Å². The second-order valence-electron chi connectivity index (χ2n) is 10.2. The Kier molecular flexibility index (Phi) is 10.2. The van der Waals surface area contributed by atoms with Gasteiger partial charge in [-0.15, -0.1) is 0 Å². The van der Waals surface area contributed by atoms with E-state index < -0.39 is 40.2 Å². The normalized spacial score (nSPS) is 11.9. The SMILES string of the molecule is CNC(=O)C(Cc1ccccc1)N(Cc1ccccc1F)C(=O)CN(c1ccc(C)c(Cl)c1)S(=O)(=O)c1ccc(C)cc1. The first-order chi connectivity index (χ1) is 20.5. The van der Waals surface area contributed by atoms with Gasteiger partial charge in [0, 0.05) is 30.6 Å². The lowest BCUT2D eigenvalue weighted by Crippen LogP contribution is -2.53. The van der Waals surface area contributed by atoms with Gasteiger partial charge in [0.25, 0.3) is 10.0 Å². The lowest BCUT2D eigenvalue weighted by Gasteiger charge is -2.33. The molecule has 7 nitrogen and oxygen atoms in total. The van der Waals surface area contributed by atoms with Gasteiger partial charge in [-0.25, -0.2) is 12.8 Å². The molecule has 0 aromatic heterocycles. The maximum atomic E-state index is 14.9. The minimum atomic E-state index is -4.27. The number of sulfonamides is 1. The molecule has 0 aliphatic heterocycles. The lowest BCUT2D eigenvalue weighted by molar-refractivity contribution is -0.139. The minimum Gasteiger partial charge on any atom is -0.357 e. The Labute approximate surface area is 257 Å². The molecule has 43 heavy (non-hydrogen) atoms. The maximum Gasteiger partial charge on any atom is 0.264 e. The number of rotatable bonds is 11. The molecule has 1 unspecified atom stereocenters. The summed E-state index contributed by atoms with van der Waals surface area (Å²) in [6.45, 7) is 2.70. The summed E-state index contributed by atoms with van der Waals surface area (Å²) in [7, 11) is -2.82. The van der Waals surface area contributed by atoms with Gasteiger partial charge in [0.1, 0.15) is 18.4 Å². The Bertz CT molecular complexity index is 1700. The highest BCUT2D eigenvalue weighted by Gasteiger charge is 2.34. The number of hydrogen-bond acceptors (Lipinski definition) is 4. The van der Waals surface area contributed by atoms with Crippen molar-refractivity contribution in [1.29, 1.82) is 0 Å². The second kappa shape index (κ2) is 13.8. The largest absolute Gasteiger partial charge is 0.357 e. The molecule has 1 atom stereocenters. The van der Waals surface area contributed by atoms with Crippen molar-refractivity contribution in [3.63, 3.8) is 0 Å². The van der Waals surface area contributed by atoms with Crippen molar-refractivity contribution in [3.05, 3.63) is 130 Å². The van der Waals surface area contributed by atoms with E-state index in [4.69, 9.17) is 11.6 Å². The number of nitrogens with zero attached hydrogens (tertiary/aromatic N) is 2. The third kappa shape index (κ3) is 7.60. The van der Waals surface area contributed by atoms with E-state index in [-0.39, 0.29) is 29.1 Å². The molecule has 0 bridgehead atoms. The van der Waals surface area contributed by atoms with Crippen molar-refractivity contribution in [2.45, 2.75) is 37.8 Å². The Morgan fingerprint density at radius 3 is 2.19 bits per heavy atom. The first-order valence-corrected chi connectivity index (χ1v) is 15.5. The van der Waals surface area contributed by atoms with Crippen molar-refractivity contribution >= 4 is 39.1 Å². The summed E-state index contributed by atoms with van der Waals surface area (Å²) in [5, 5.41) is 2.93. The highest BCUT2D eigenvalue weighted by molar-refractivity contribution is 7.92. The molecule has 10 heteroatoms. The fourth-order valence-corrected chi connectivity index (χ4v) is 6.21. The van der Waals surface area contributed by atoms with Crippen LogP contribution in [-0.2, 0) is 32.6 Å². The monoisotopic (exact) mass is 621 g/mol. The molecule has 4 rings (SSSR count). The van der Waals surface area contributed by atoms with Crippen molar-refractivity contribution in [2.75, 3.05) is 17.9 Å². The third-order valence-corrected chi connectivity index (χ3v) is 9.34. The summed E-state index contributed by atoms with van der Waals surface area (Å²) in [4.78, 5) is 28.8. The van der Waals surface area contributed by atoms with E-state index in [1.54, 1.807) is 37.3 Å². The number of carbonyl (C=O) groups excluding carboxylic acids is 2. The number of halogens is 2. The fraction of sp³-hybridized carbons (Fsp3) is 0.212. The van der Waals surface area contributed by atoms with Gasteiger partial charge >= 0.3 is 0 Å². The van der Waals surface area contributed by atoms with Crippen LogP contribution in [0.4, 0.5) is 10.1 Å². The average Bonchev–Trinajstić information content (AvgIpc) is 3.00. The Balaban J connectivity index is 1.81. The Hall–Kier alpha value is -4.21. The van der Waals surface area contributed by atoms with E-state index in [1.165, 1.54) is 48.3 Å². The lowest BCUT2D eigenvalue weighted by atomic mass is 10.0. The van der Waals surface area contributed by atoms with Gasteiger partial charge < -0.3 is 10.2 Å². The van der Waals surface area contributed by atoms with Crippen molar-refractivity contribution in [1.82, 2.24) is 10.2 Å². The molecule has 1 N–H and O–H groups in total. The van der Waals surface area contributed by atoms with Gasteiger partial charge in [0.2, 0.25) is 11.8 Å². The molecule has 0 saturated heterocycles. The first-order valence-electron chi connectivity index (χ1n) is 13.6. The van der Waals surface area contributed by atoms with Crippen molar-refractivity contribution in [2.24, 2.45) is 0 Å². The van der Waals surface area contributed by atoms with Crippen LogP contribution in [0.2, 0.25) is 5.02 Å². The smallest absolute Gasteiger partial charge is 0.264 e. The van der Waals surface area contributed by atoms with Crippen molar-refractivity contribution in [3.8, 4) is 0 Å². The van der Waals surface area contributed by atoms with Gasteiger partial charge in [-0.05, 0) is 55.3 Å². The summed E-state index contributed by atoms with van der Waals surface area (Å²) >= 11 is 6.39. The summed E-state index contributed by atoms with van der Waals surface area (Å²) in [6, 6.07) is 25.0. The summed E-state index contributed by atoms with van der Waals surface area (Å²) in [5.74, 6) is -1.72. The molecule has 0 radical (unpaired) electrons. The second-order valence-corrected chi connectivity index (χ2v) is 12.5. The highest BCUT2D eigenvalue weighted by atomic mass is 35.5. The molecular weight excluding hydrogens is 589 g/mol. The summed E-state index contributed by atoms with van der Waals surface area (Å²) in [5.41, 5.74) is 2.73. The van der Waals surface area contributed by atoms with Crippen molar-refractivity contribution < 1.29 is 22.4 Å². The van der Waals surface area contributed by atoms with Gasteiger partial charge in [-0.3, -0.25) is 13.9 Å². The van der Waals surface area contributed by atoms with Crippen LogP contribution in [0.25, 0.3) is 0 Å².